The monoisotopic (exact) mass is 424 g/mol. The Hall–Kier alpha value is -1.90. The van der Waals surface area contributed by atoms with Crippen LogP contribution in [0.3, 0.4) is 0 Å². The molecule has 0 unspecified atom stereocenters. The molecule has 0 atom stereocenters. The summed E-state index contributed by atoms with van der Waals surface area (Å²) in [4.78, 5) is 14.8. The number of fused-ring (bicyclic) bond motifs is 1. The van der Waals surface area contributed by atoms with Crippen LogP contribution in [0.15, 0.2) is 0 Å². The fourth-order valence-corrected chi connectivity index (χ4v) is 3.91. The number of hydrogen-bond acceptors (Lipinski definition) is 5. The molecule has 29 heavy (non-hydrogen) atoms. The van der Waals surface area contributed by atoms with Gasteiger partial charge in [-0.05, 0) is 32.3 Å². The van der Waals surface area contributed by atoms with E-state index in [1.807, 2.05) is 30.4 Å². The number of hydrogen-bond donors (Lipinski definition) is 1. The number of nitrogens with one attached hydrogen (secondary N) is 1. The van der Waals surface area contributed by atoms with Gasteiger partial charge in [0.05, 0.1) is 18.8 Å². The van der Waals surface area contributed by atoms with E-state index >= 15 is 0 Å². The number of aryl methyl sites for hydroxylation is 2. The highest BCUT2D eigenvalue weighted by molar-refractivity contribution is 5.94. The van der Waals surface area contributed by atoms with Crippen LogP contribution in [-0.4, -0.2) is 64.2 Å². The number of carbonyl (C=O) groups is 1. The van der Waals surface area contributed by atoms with Crippen LogP contribution in [0.2, 0.25) is 0 Å². The van der Waals surface area contributed by atoms with E-state index in [0.29, 0.717) is 31.9 Å². The number of halogens is 1. The molecule has 0 fully saturated rings. The van der Waals surface area contributed by atoms with Gasteiger partial charge in [0.15, 0.2) is 5.69 Å². The molecule has 3 heterocycles. The summed E-state index contributed by atoms with van der Waals surface area (Å²) in [6.07, 6.45) is 2.72. The number of amides is 1. The lowest BCUT2D eigenvalue weighted by Crippen LogP contribution is -2.31. The summed E-state index contributed by atoms with van der Waals surface area (Å²) in [5.74, 6) is -0.00394. The molecule has 2 aromatic rings. The minimum atomic E-state index is -0.00394. The molecule has 2 aromatic heterocycles. The first-order valence-electron chi connectivity index (χ1n) is 9.96. The maximum Gasteiger partial charge on any atom is 0.274 e. The van der Waals surface area contributed by atoms with E-state index < -0.39 is 0 Å². The zero-order chi connectivity index (χ0) is 20.3. The molecule has 0 aromatic carbocycles. The van der Waals surface area contributed by atoms with Crippen molar-refractivity contribution in [3.05, 3.63) is 33.9 Å². The molecule has 162 valence electrons. The van der Waals surface area contributed by atoms with Crippen molar-refractivity contribution in [2.75, 3.05) is 33.9 Å². The third-order valence-corrected chi connectivity index (χ3v) is 5.64. The second kappa shape index (κ2) is 10.2. The highest BCUT2D eigenvalue weighted by atomic mass is 35.5. The Labute approximate surface area is 179 Å². The summed E-state index contributed by atoms with van der Waals surface area (Å²) in [5, 5.41) is 12.5. The third-order valence-electron chi connectivity index (χ3n) is 5.64. The molecule has 8 nitrogen and oxygen atoms in total. The summed E-state index contributed by atoms with van der Waals surface area (Å²) >= 11 is 0. The van der Waals surface area contributed by atoms with Gasteiger partial charge in [-0.1, -0.05) is 0 Å². The molecular weight excluding hydrogens is 392 g/mol. The van der Waals surface area contributed by atoms with Gasteiger partial charge in [0.2, 0.25) is 0 Å². The van der Waals surface area contributed by atoms with Gasteiger partial charge in [-0.15, -0.1) is 12.4 Å². The van der Waals surface area contributed by atoms with Crippen LogP contribution in [0.5, 0.6) is 0 Å². The maximum absolute atomic E-state index is 13.1. The van der Waals surface area contributed by atoms with Crippen LogP contribution in [0.25, 0.3) is 0 Å². The Morgan fingerprint density at radius 1 is 1.31 bits per heavy atom. The van der Waals surface area contributed by atoms with E-state index in [1.54, 1.807) is 12.0 Å². The molecule has 1 aliphatic heterocycles. The minimum Gasteiger partial charge on any atom is -0.383 e. The fourth-order valence-electron chi connectivity index (χ4n) is 3.91. The second-order valence-corrected chi connectivity index (χ2v) is 7.52. The summed E-state index contributed by atoms with van der Waals surface area (Å²) in [5.41, 5.74) is 6.34. The molecule has 0 aliphatic carbocycles. The first-order chi connectivity index (χ1) is 13.4. The summed E-state index contributed by atoms with van der Waals surface area (Å²) in [7, 11) is 5.52. The predicted molar refractivity (Wildman–Crippen MR) is 115 cm³/mol. The molecule has 1 aliphatic rings. The lowest BCUT2D eigenvalue weighted by Gasteiger charge is -2.18. The van der Waals surface area contributed by atoms with E-state index in [4.69, 9.17) is 4.74 Å². The van der Waals surface area contributed by atoms with E-state index in [0.717, 1.165) is 42.8 Å². The molecule has 0 radical (unpaired) electrons. The number of ether oxygens (including phenoxy) is 1. The van der Waals surface area contributed by atoms with Crippen LogP contribution in [0.1, 0.15) is 45.1 Å². The molecular formula is C20H33ClN6O2. The summed E-state index contributed by atoms with van der Waals surface area (Å²) < 4.78 is 9.06. The molecule has 0 saturated heterocycles. The van der Waals surface area contributed by atoms with Crippen molar-refractivity contribution in [3.8, 4) is 0 Å². The van der Waals surface area contributed by atoms with Crippen LogP contribution in [0.4, 0.5) is 0 Å². The van der Waals surface area contributed by atoms with Gasteiger partial charge < -0.3 is 15.0 Å². The zero-order valence-corrected chi connectivity index (χ0v) is 18.9. The number of methoxy groups -OCH3 is 1. The van der Waals surface area contributed by atoms with E-state index in [-0.39, 0.29) is 18.3 Å². The second-order valence-electron chi connectivity index (χ2n) is 7.52. The normalized spacial score (nSPS) is 13.1. The highest BCUT2D eigenvalue weighted by Crippen LogP contribution is 2.20. The smallest absolute Gasteiger partial charge is 0.274 e. The Kier molecular flexibility index (Phi) is 8.24. The molecule has 0 saturated carbocycles. The van der Waals surface area contributed by atoms with Crippen molar-refractivity contribution in [2.24, 2.45) is 7.05 Å². The largest absolute Gasteiger partial charge is 0.383 e. The van der Waals surface area contributed by atoms with Crippen molar-refractivity contribution in [3.63, 3.8) is 0 Å². The van der Waals surface area contributed by atoms with E-state index in [9.17, 15) is 4.79 Å². The SMILES string of the molecule is COCCn1nc(C(=O)N(C)CCCc2c(C)nn(C)c2C)c2c1CCNC2.Cl. The zero-order valence-electron chi connectivity index (χ0n) is 18.1. The van der Waals surface area contributed by atoms with Gasteiger partial charge in [0.1, 0.15) is 0 Å². The van der Waals surface area contributed by atoms with Gasteiger partial charge in [0, 0.05) is 64.2 Å². The summed E-state index contributed by atoms with van der Waals surface area (Å²) in [6, 6.07) is 0. The van der Waals surface area contributed by atoms with Crippen LogP contribution in [-0.2, 0) is 37.7 Å². The number of carbonyl (C=O) groups excluding carboxylic acids is 1. The van der Waals surface area contributed by atoms with Gasteiger partial charge in [0.25, 0.3) is 5.91 Å². The van der Waals surface area contributed by atoms with Crippen molar-refractivity contribution in [2.45, 2.75) is 46.2 Å². The molecule has 0 bridgehead atoms. The van der Waals surface area contributed by atoms with Gasteiger partial charge >= 0.3 is 0 Å². The Bertz CT molecular complexity index is 845. The highest BCUT2D eigenvalue weighted by Gasteiger charge is 2.26. The minimum absolute atomic E-state index is 0. The predicted octanol–water partition coefficient (Wildman–Crippen LogP) is 1.65. The lowest BCUT2D eigenvalue weighted by molar-refractivity contribution is 0.0785. The maximum atomic E-state index is 13.1. The van der Waals surface area contributed by atoms with Crippen molar-refractivity contribution >= 4 is 18.3 Å². The Morgan fingerprint density at radius 3 is 2.72 bits per heavy atom. The van der Waals surface area contributed by atoms with E-state index in [1.165, 1.54) is 11.3 Å². The van der Waals surface area contributed by atoms with Crippen molar-refractivity contribution in [1.29, 1.82) is 0 Å². The van der Waals surface area contributed by atoms with Crippen molar-refractivity contribution in [1.82, 2.24) is 29.8 Å². The lowest BCUT2D eigenvalue weighted by atomic mass is 10.1. The number of nitrogens with zero attached hydrogens (tertiary/aromatic N) is 5. The van der Waals surface area contributed by atoms with Crippen LogP contribution >= 0.6 is 12.4 Å². The van der Waals surface area contributed by atoms with Gasteiger partial charge in [-0.25, -0.2) is 0 Å². The Balaban J connectivity index is 0.00000300. The first kappa shape index (κ1) is 23.4. The topological polar surface area (TPSA) is 77.2 Å². The standard InChI is InChI=1S/C20H32N6O2.ClH/c1-14-16(15(2)25(4)22-14)7-6-10-24(3)20(27)19-17-13-21-9-8-18(17)26(23-19)11-12-28-5;/h21H,6-13H2,1-5H3;1H. The number of rotatable bonds is 8. The van der Waals surface area contributed by atoms with Crippen LogP contribution in [0, 0.1) is 13.8 Å². The third kappa shape index (κ3) is 4.99. The first-order valence-corrected chi connectivity index (χ1v) is 9.96. The molecule has 1 amide bonds. The quantitative estimate of drug-likeness (QED) is 0.697. The average molecular weight is 425 g/mol. The van der Waals surface area contributed by atoms with Gasteiger partial charge in [-0.3, -0.25) is 14.2 Å². The average Bonchev–Trinajstić information content (AvgIpc) is 3.17. The van der Waals surface area contributed by atoms with E-state index in [2.05, 4.69) is 22.4 Å². The molecule has 1 N–H and O–H groups in total. The fraction of sp³-hybridized carbons (Fsp3) is 0.650. The van der Waals surface area contributed by atoms with Crippen LogP contribution < -0.4 is 5.32 Å². The molecule has 3 rings (SSSR count). The Morgan fingerprint density at radius 2 is 2.07 bits per heavy atom. The molecule has 0 spiro atoms. The molecule has 9 heteroatoms. The summed E-state index contributed by atoms with van der Waals surface area (Å²) in [6.45, 7) is 7.72. The number of aromatic nitrogens is 4. The van der Waals surface area contributed by atoms with Gasteiger partial charge in [-0.2, -0.15) is 10.2 Å². The van der Waals surface area contributed by atoms with Crippen molar-refractivity contribution < 1.29 is 9.53 Å².